The van der Waals surface area contributed by atoms with E-state index in [0.717, 1.165) is 50.3 Å². The monoisotopic (exact) mass is 320 g/mol. The molecule has 120 valence electrons. The lowest BCUT2D eigenvalue weighted by Crippen LogP contribution is -2.31. The molecule has 0 aromatic carbocycles. The summed E-state index contributed by atoms with van der Waals surface area (Å²) >= 11 is 1.73. The number of hydrogen-bond donors (Lipinski definition) is 1. The molecule has 1 aromatic rings. The molecule has 1 atom stereocenters. The fraction of sp³-hybridized carbons (Fsp3) is 0.647. The minimum atomic E-state index is 0.0554. The molecule has 1 aromatic heterocycles. The number of nitrogens with zero attached hydrogens (tertiary/aromatic N) is 1. The molecule has 1 aliphatic carbocycles. The normalized spacial score (nSPS) is 21.0. The fourth-order valence-corrected chi connectivity index (χ4v) is 4.62. The molecule has 0 bridgehead atoms. The molecule has 2 amide bonds. The van der Waals surface area contributed by atoms with E-state index >= 15 is 0 Å². The summed E-state index contributed by atoms with van der Waals surface area (Å²) < 4.78 is 0. The van der Waals surface area contributed by atoms with Crippen molar-refractivity contribution in [3.8, 4) is 0 Å². The lowest BCUT2D eigenvalue weighted by atomic mass is 9.88. The van der Waals surface area contributed by atoms with Gasteiger partial charge >= 0.3 is 0 Å². The molecule has 0 spiro atoms. The molecule has 2 aliphatic rings. The third-order valence-electron chi connectivity index (χ3n) is 4.71. The highest BCUT2D eigenvalue weighted by Gasteiger charge is 2.23. The van der Waals surface area contributed by atoms with Crippen LogP contribution in [0.2, 0.25) is 0 Å². The van der Waals surface area contributed by atoms with E-state index in [0.29, 0.717) is 13.0 Å². The Bertz CT molecular complexity index is 567. The van der Waals surface area contributed by atoms with Crippen LogP contribution in [0.25, 0.3) is 0 Å². The maximum Gasteiger partial charge on any atom is 0.252 e. The zero-order chi connectivity index (χ0) is 15.5. The van der Waals surface area contributed by atoms with Crippen molar-refractivity contribution in [3.63, 3.8) is 0 Å². The molecule has 0 radical (unpaired) electrons. The third-order valence-corrected chi connectivity index (χ3v) is 5.76. The van der Waals surface area contributed by atoms with E-state index in [-0.39, 0.29) is 11.8 Å². The van der Waals surface area contributed by atoms with Crippen LogP contribution in [0.5, 0.6) is 0 Å². The van der Waals surface area contributed by atoms with Crippen LogP contribution in [-0.2, 0) is 17.6 Å². The van der Waals surface area contributed by atoms with Gasteiger partial charge < -0.3 is 10.2 Å². The Labute approximate surface area is 135 Å². The zero-order valence-electron chi connectivity index (χ0n) is 13.2. The summed E-state index contributed by atoms with van der Waals surface area (Å²) in [5, 5.41) is 5.03. The molecule has 1 N–H and O–H groups in total. The number of fused-ring (bicyclic) bond motifs is 1. The van der Waals surface area contributed by atoms with Gasteiger partial charge in [-0.05, 0) is 43.6 Å². The van der Waals surface area contributed by atoms with Gasteiger partial charge in [-0.2, -0.15) is 0 Å². The summed E-state index contributed by atoms with van der Waals surface area (Å²) in [7, 11) is 0. The molecule has 3 rings (SSSR count). The molecular formula is C17H24N2O2S. The van der Waals surface area contributed by atoms with Crippen LogP contribution in [-0.4, -0.2) is 36.3 Å². The number of carbonyl (C=O) groups excluding carboxylic acids is 2. The van der Waals surface area contributed by atoms with Crippen molar-refractivity contribution in [2.75, 3.05) is 19.6 Å². The Morgan fingerprint density at radius 2 is 2.32 bits per heavy atom. The maximum absolute atomic E-state index is 12.3. The first kappa shape index (κ1) is 15.5. The van der Waals surface area contributed by atoms with Gasteiger partial charge in [-0.3, -0.25) is 9.59 Å². The summed E-state index contributed by atoms with van der Waals surface area (Å²) in [6.07, 6.45) is 5.83. The largest absolute Gasteiger partial charge is 0.352 e. The molecule has 1 saturated heterocycles. The molecule has 1 aliphatic heterocycles. The van der Waals surface area contributed by atoms with Crippen LogP contribution >= 0.6 is 11.3 Å². The highest BCUT2D eigenvalue weighted by Crippen LogP contribution is 2.32. The standard InChI is InChI=1S/C17H24N2O2S/c1-12-5-6-13-14(11-22-15(13)10-12)17(21)18-7-3-9-19-8-2-4-16(19)20/h11-12H,2-10H2,1H3,(H,18,21)/t12-/m0/s1. The van der Waals surface area contributed by atoms with Crippen LogP contribution in [0.4, 0.5) is 0 Å². The lowest BCUT2D eigenvalue weighted by Gasteiger charge is -2.19. The van der Waals surface area contributed by atoms with E-state index in [2.05, 4.69) is 12.2 Å². The number of carbonyl (C=O) groups is 2. The molecular weight excluding hydrogens is 296 g/mol. The molecule has 1 fully saturated rings. The SMILES string of the molecule is C[C@H]1CCc2c(C(=O)NCCCN3CCCC3=O)csc2C1. The first-order chi connectivity index (χ1) is 10.6. The molecule has 5 heteroatoms. The second-order valence-corrected chi connectivity index (χ2v) is 7.46. The lowest BCUT2D eigenvalue weighted by molar-refractivity contribution is -0.127. The Balaban J connectivity index is 1.47. The van der Waals surface area contributed by atoms with Crippen LogP contribution < -0.4 is 5.32 Å². The van der Waals surface area contributed by atoms with Gasteiger partial charge in [0.2, 0.25) is 5.91 Å². The average Bonchev–Trinajstić information content (AvgIpc) is 3.09. The highest BCUT2D eigenvalue weighted by atomic mass is 32.1. The van der Waals surface area contributed by atoms with Gasteiger partial charge in [0.05, 0.1) is 5.56 Å². The zero-order valence-corrected chi connectivity index (χ0v) is 14.0. The van der Waals surface area contributed by atoms with Gasteiger partial charge in [0.1, 0.15) is 0 Å². The molecule has 22 heavy (non-hydrogen) atoms. The number of likely N-dealkylation sites (tertiary alicyclic amines) is 1. The smallest absolute Gasteiger partial charge is 0.252 e. The summed E-state index contributed by atoms with van der Waals surface area (Å²) in [6.45, 7) is 4.56. The molecule has 4 nitrogen and oxygen atoms in total. The quantitative estimate of drug-likeness (QED) is 0.848. The fourth-order valence-electron chi connectivity index (χ4n) is 3.38. The highest BCUT2D eigenvalue weighted by molar-refractivity contribution is 7.10. The van der Waals surface area contributed by atoms with Gasteiger partial charge in [0, 0.05) is 36.3 Å². The second kappa shape index (κ2) is 6.82. The van der Waals surface area contributed by atoms with E-state index in [1.54, 1.807) is 11.3 Å². The number of thiophene rings is 1. The van der Waals surface area contributed by atoms with Crippen LogP contribution in [0.15, 0.2) is 5.38 Å². The van der Waals surface area contributed by atoms with Gasteiger partial charge in [-0.15, -0.1) is 11.3 Å². The number of amides is 2. The van der Waals surface area contributed by atoms with Gasteiger partial charge in [-0.1, -0.05) is 6.92 Å². The second-order valence-electron chi connectivity index (χ2n) is 6.49. The van der Waals surface area contributed by atoms with Crippen molar-refractivity contribution >= 4 is 23.2 Å². The summed E-state index contributed by atoms with van der Waals surface area (Å²) in [5.41, 5.74) is 2.15. The van der Waals surface area contributed by atoms with Gasteiger partial charge in [0.25, 0.3) is 5.91 Å². The Hall–Kier alpha value is -1.36. The minimum absolute atomic E-state index is 0.0554. The number of nitrogens with one attached hydrogen (secondary N) is 1. The first-order valence-corrected chi connectivity index (χ1v) is 9.18. The van der Waals surface area contributed by atoms with Crippen molar-refractivity contribution in [1.29, 1.82) is 0 Å². The van der Waals surface area contributed by atoms with Crippen molar-refractivity contribution in [2.24, 2.45) is 5.92 Å². The summed E-state index contributed by atoms with van der Waals surface area (Å²) in [5.74, 6) is 1.05. The number of hydrogen-bond acceptors (Lipinski definition) is 3. The van der Waals surface area contributed by atoms with Crippen molar-refractivity contribution in [3.05, 3.63) is 21.4 Å². The van der Waals surface area contributed by atoms with Crippen LogP contribution in [0, 0.1) is 5.92 Å². The number of rotatable bonds is 5. The minimum Gasteiger partial charge on any atom is -0.352 e. The van der Waals surface area contributed by atoms with Gasteiger partial charge in [0.15, 0.2) is 0 Å². The molecule has 0 saturated carbocycles. The van der Waals surface area contributed by atoms with E-state index in [1.807, 2.05) is 10.3 Å². The average molecular weight is 320 g/mol. The predicted octanol–water partition coefficient (Wildman–Crippen LogP) is 2.62. The van der Waals surface area contributed by atoms with Crippen molar-refractivity contribution < 1.29 is 9.59 Å². The van der Waals surface area contributed by atoms with E-state index < -0.39 is 0 Å². The summed E-state index contributed by atoms with van der Waals surface area (Å²) in [4.78, 5) is 27.1. The summed E-state index contributed by atoms with van der Waals surface area (Å²) in [6, 6.07) is 0. The Morgan fingerprint density at radius 3 is 3.09 bits per heavy atom. The van der Waals surface area contributed by atoms with E-state index in [1.165, 1.54) is 16.9 Å². The molecule has 0 unspecified atom stereocenters. The predicted molar refractivity (Wildman–Crippen MR) is 88.3 cm³/mol. The first-order valence-electron chi connectivity index (χ1n) is 8.30. The van der Waals surface area contributed by atoms with Crippen LogP contribution in [0.3, 0.4) is 0 Å². The molecule has 2 heterocycles. The topological polar surface area (TPSA) is 49.4 Å². The van der Waals surface area contributed by atoms with Crippen molar-refractivity contribution in [1.82, 2.24) is 10.2 Å². The Morgan fingerprint density at radius 1 is 1.45 bits per heavy atom. The third kappa shape index (κ3) is 3.35. The maximum atomic E-state index is 12.3. The Kier molecular flexibility index (Phi) is 4.81. The van der Waals surface area contributed by atoms with Crippen molar-refractivity contribution in [2.45, 2.75) is 45.4 Å². The van der Waals surface area contributed by atoms with E-state index in [4.69, 9.17) is 0 Å². The van der Waals surface area contributed by atoms with Crippen LogP contribution in [0.1, 0.15) is 53.4 Å². The van der Waals surface area contributed by atoms with E-state index in [9.17, 15) is 9.59 Å². The van der Waals surface area contributed by atoms with Gasteiger partial charge in [-0.25, -0.2) is 0 Å².